The fourth-order valence-corrected chi connectivity index (χ4v) is 3.53. The van der Waals surface area contributed by atoms with Crippen molar-refractivity contribution < 1.29 is 9.53 Å². The molecule has 2 N–H and O–H groups in total. The number of nitrogens with one attached hydrogen (secondary N) is 2. The van der Waals surface area contributed by atoms with Gasteiger partial charge in [-0.3, -0.25) is 4.79 Å². The van der Waals surface area contributed by atoms with Crippen LogP contribution in [0.2, 0.25) is 0 Å². The monoisotopic (exact) mass is 431 g/mol. The van der Waals surface area contributed by atoms with Crippen LogP contribution in [0.4, 0.5) is 11.4 Å². The van der Waals surface area contributed by atoms with Gasteiger partial charge in [0, 0.05) is 23.6 Å². The number of carbonyl (C=O) groups excluding carboxylic acids is 1. The predicted octanol–water partition coefficient (Wildman–Crippen LogP) is 3.97. The van der Waals surface area contributed by atoms with Gasteiger partial charge in [-0.1, -0.05) is 47.1 Å². The van der Waals surface area contributed by atoms with E-state index >= 15 is 0 Å². The van der Waals surface area contributed by atoms with Gasteiger partial charge < -0.3 is 20.3 Å². The standard InChI is InChI=1S/C21H26BrN3O2/c1-2-18(16-7-9-17(22)10-8-16)23-15-21(26)24-19-5-3-4-6-20(19)25-11-13-27-14-12-25/h3-10,18,23H,2,11-15H2,1H3,(H,24,26)/t18-/m0/s1. The summed E-state index contributed by atoms with van der Waals surface area (Å²) in [5.41, 5.74) is 3.08. The summed E-state index contributed by atoms with van der Waals surface area (Å²) in [4.78, 5) is 14.8. The fourth-order valence-electron chi connectivity index (χ4n) is 3.26. The van der Waals surface area contributed by atoms with E-state index in [1.165, 1.54) is 5.56 Å². The third-order valence-electron chi connectivity index (χ3n) is 4.72. The van der Waals surface area contributed by atoms with Crippen molar-refractivity contribution in [1.82, 2.24) is 5.32 Å². The first-order chi connectivity index (χ1) is 13.2. The number of carbonyl (C=O) groups is 1. The van der Waals surface area contributed by atoms with Crippen molar-refractivity contribution >= 4 is 33.2 Å². The maximum Gasteiger partial charge on any atom is 0.238 e. The van der Waals surface area contributed by atoms with Gasteiger partial charge in [-0.15, -0.1) is 0 Å². The number of para-hydroxylation sites is 2. The SMILES string of the molecule is CC[C@H](NCC(=O)Nc1ccccc1N1CCOCC1)c1ccc(Br)cc1. The van der Waals surface area contributed by atoms with Crippen LogP contribution in [0.1, 0.15) is 24.9 Å². The Hall–Kier alpha value is -1.89. The molecule has 0 aliphatic carbocycles. The maximum atomic E-state index is 12.5. The van der Waals surface area contributed by atoms with Gasteiger partial charge >= 0.3 is 0 Å². The molecule has 2 aromatic carbocycles. The second kappa shape index (κ2) is 9.88. The van der Waals surface area contributed by atoms with Crippen LogP contribution in [-0.4, -0.2) is 38.8 Å². The van der Waals surface area contributed by atoms with Crippen molar-refractivity contribution in [2.45, 2.75) is 19.4 Å². The summed E-state index contributed by atoms with van der Waals surface area (Å²) >= 11 is 3.46. The molecule has 1 heterocycles. The highest BCUT2D eigenvalue weighted by Crippen LogP contribution is 2.26. The van der Waals surface area contributed by atoms with E-state index in [0.29, 0.717) is 0 Å². The van der Waals surface area contributed by atoms with E-state index in [1.54, 1.807) is 0 Å². The second-order valence-electron chi connectivity index (χ2n) is 6.56. The van der Waals surface area contributed by atoms with Gasteiger partial charge in [0.1, 0.15) is 0 Å². The van der Waals surface area contributed by atoms with Gasteiger partial charge in [-0.2, -0.15) is 0 Å². The fraction of sp³-hybridized carbons (Fsp3) is 0.381. The molecule has 27 heavy (non-hydrogen) atoms. The van der Waals surface area contributed by atoms with Crippen LogP contribution in [0.15, 0.2) is 53.0 Å². The average Bonchev–Trinajstić information content (AvgIpc) is 2.71. The first-order valence-electron chi connectivity index (χ1n) is 9.38. The van der Waals surface area contributed by atoms with Crippen molar-refractivity contribution in [2.24, 2.45) is 0 Å². The van der Waals surface area contributed by atoms with E-state index in [0.717, 1.165) is 48.6 Å². The number of halogens is 1. The molecule has 0 saturated carbocycles. The van der Waals surface area contributed by atoms with Crippen LogP contribution >= 0.6 is 15.9 Å². The Morgan fingerprint density at radius 2 is 1.85 bits per heavy atom. The number of benzene rings is 2. The molecule has 0 bridgehead atoms. The van der Waals surface area contributed by atoms with E-state index in [4.69, 9.17) is 4.74 Å². The zero-order valence-electron chi connectivity index (χ0n) is 15.6. The molecule has 144 valence electrons. The number of ether oxygens (including phenoxy) is 1. The van der Waals surface area contributed by atoms with E-state index in [9.17, 15) is 4.79 Å². The van der Waals surface area contributed by atoms with E-state index < -0.39 is 0 Å². The average molecular weight is 432 g/mol. The zero-order chi connectivity index (χ0) is 19.1. The molecule has 2 aromatic rings. The lowest BCUT2D eigenvalue weighted by Gasteiger charge is -2.30. The van der Waals surface area contributed by atoms with Gasteiger partial charge in [0.2, 0.25) is 5.91 Å². The topological polar surface area (TPSA) is 53.6 Å². The van der Waals surface area contributed by atoms with E-state index in [-0.39, 0.29) is 18.5 Å². The Labute approximate surface area is 169 Å². The molecule has 5 nitrogen and oxygen atoms in total. The third kappa shape index (κ3) is 5.54. The van der Waals surface area contributed by atoms with Gasteiger partial charge in [-0.25, -0.2) is 0 Å². The first-order valence-corrected chi connectivity index (χ1v) is 10.2. The maximum absolute atomic E-state index is 12.5. The summed E-state index contributed by atoms with van der Waals surface area (Å²) in [5, 5.41) is 6.42. The van der Waals surface area contributed by atoms with Gasteiger partial charge in [-0.05, 0) is 36.2 Å². The Morgan fingerprint density at radius 3 is 2.56 bits per heavy atom. The van der Waals surface area contributed by atoms with Gasteiger partial charge in [0.15, 0.2) is 0 Å². The Morgan fingerprint density at radius 1 is 1.15 bits per heavy atom. The van der Waals surface area contributed by atoms with Crippen molar-refractivity contribution in [3.8, 4) is 0 Å². The number of morpholine rings is 1. The van der Waals surface area contributed by atoms with Crippen molar-refractivity contribution in [3.05, 3.63) is 58.6 Å². The summed E-state index contributed by atoms with van der Waals surface area (Å²) in [7, 11) is 0. The molecule has 1 saturated heterocycles. The van der Waals surface area contributed by atoms with Gasteiger partial charge in [0.25, 0.3) is 0 Å². The summed E-state index contributed by atoms with van der Waals surface area (Å²) in [5.74, 6) is -0.0359. The Bertz CT molecular complexity index is 745. The molecule has 1 aliphatic rings. The number of anilines is 2. The van der Waals surface area contributed by atoms with Crippen LogP contribution in [0.5, 0.6) is 0 Å². The highest BCUT2D eigenvalue weighted by molar-refractivity contribution is 9.10. The van der Waals surface area contributed by atoms with Crippen molar-refractivity contribution in [1.29, 1.82) is 0 Å². The molecule has 6 heteroatoms. The molecular weight excluding hydrogens is 406 g/mol. The lowest BCUT2D eigenvalue weighted by molar-refractivity contribution is -0.115. The molecule has 1 atom stereocenters. The quantitative estimate of drug-likeness (QED) is 0.696. The first kappa shape index (κ1) is 19.9. The van der Waals surface area contributed by atoms with Crippen LogP contribution in [0.3, 0.4) is 0 Å². The van der Waals surface area contributed by atoms with E-state index in [1.807, 2.05) is 36.4 Å². The second-order valence-corrected chi connectivity index (χ2v) is 7.47. The van der Waals surface area contributed by atoms with Crippen LogP contribution < -0.4 is 15.5 Å². The van der Waals surface area contributed by atoms with Crippen molar-refractivity contribution in [2.75, 3.05) is 43.1 Å². The molecule has 3 rings (SSSR count). The number of rotatable bonds is 7. The zero-order valence-corrected chi connectivity index (χ0v) is 17.2. The number of hydrogen-bond acceptors (Lipinski definition) is 4. The molecular formula is C21H26BrN3O2. The summed E-state index contributed by atoms with van der Waals surface area (Å²) in [6.45, 7) is 5.50. The highest BCUT2D eigenvalue weighted by atomic mass is 79.9. The molecule has 1 fully saturated rings. The Balaban J connectivity index is 1.60. The summed E-state index contributed by atoms with van der Waals surface area (Å²) < 4.78 is 6.48. The minimum absolute atomic E-state index is 0.0359. The summed E-state index contributed by atoms with van der Waals surface area (Å²) in [6, 6.07) is 16.3. The van der Waals surface area contributed by atoms with Gasteiger partial charge in [0.05, 0.1) is 31.1 Å². The smallest absolute Gasteiger partial charge is 0.238 e. The molecule has 0 radical (unpaired) electrons. The molecule has 1 aliphatic heterocycles. The normalized spacial score (nSPS) is 15.4. The van der Waals surface area contributed by atoms with Crippen LogP contribution in [-0.2, 0) is 9.53 Å². The largest absolute Gasteiger partial charge is 0.378 e. The molecule has 0 spiro atoms. The Kier molecular flexibility index (Phi) is 7.26. The highest BCUT2D eigenvalue weighted by Gasteiger charge is 2.16. The molecule has 1 amide bonds. The van der Waals surface area contributed by atoms with Crippen LogP contribution in [0, 0.1) is 0 Å². The lowest BCUT2D eigenvalue weighted by Crippen LogP contribution is -2.37. The lowest BCUT2D eigenvalue weighted by atomic mass is 10.0. The minimum Gasteiger partial charge on any atom is -0.378 e. The minimum atomic E-state index is -0.0359. The summed E-state index contributed by atoms with van der Waals surface area (Å²) in [6.07, 6.45) is 0.916. The predicted molar refractivity (Wildman–Crippen MR) is 113 cm³/mol. The number of hydrogen-bond donors (Lipinski definition) is 2. The third-order valence-corrected chi connectivity index (χ3v) is 5.25. The van der Waals surface area contributed by atoms with E-state index in [2.05, 4.69) is 50.5 Å². The van der Waals surface area contributed by atoms with Crippen LogP contribution in [0.25, 0.3) is 0 Å². The van der Waals surface area contributed by atoms with Crippen molar-refractivity contribution in [3.63, 3.8) is 0 Å². The number of amides is 1. The number of nitrogens with zero attached hydrogens (tertiary/aromatic N) is 1. The molecule has 0 unspecified atom stereocenters. The molecule has 0 aromatic heterocycles.